The number of nitrogens with one attached hydrogen (secondary N) is 1. The number of aromatic nitrogens is 2. The minimum Gasteiger partial charge on any atom is -0.428 e. The predicted molar refractivity (Wildman–Crippen MR) is 47.0 cm³/mol. The van der Waals surface area contributed by atoms with E-state index in [9.17, 15) is 4.79 Å². The Kier molecular flexibility index (Phi) is 3.81. The molecule has 0 radical (unpaired) electrons. The molecule has 1 amide bonds. The maximum Gasteiger partial charge on any atom is 0.408 e. The van der Waals surface area contributed by atoms with Gasteiger partial charge >= 0.3 is 6.09 Å². The van der Waals surface area contributed by atoms with E-state index < -0.39 is 6.09 Å². The zero-order valence-electron chi connectivity index (χ0n) is 7.56. The monoisotopic (exact) mass is 183 g/mol. The molecule has 0 saturated carbocycles. The molecule has 5 heteroatoms. The Morgan fingerprint density at radius 1 is 1.69 bits per heavy atom. The number of ether oxygens (including phenoxy) is 1. The van der Waals surface area contributed by atoms with Gasteiger partial charge in [0.1, 0.15) is 0 Å². The Morgan fingerprint density at radius 3 is 3.15 bits per heavy atom. The Labute approximate surface area is 76.7 Å². The first-order valence-corrected chi connectivity index (χ1v) is 4.19. The van der Waals surface area contributed by atoms with Gasteiger partial charge in [-0.15, -0.1) is 0 Å². The van der Waals surface area contributed by atoms with Crippen LogP contribution in [0.25, 0.3) is 0 Å². The van der Waals surface area contributed by atoms with Gasteiger partial charge in [0.05, 0.1) is 6.33 Å². The Hall–Kier alpha value is -1.52. The van der Waals surface area contributed by atoms with Crippen molar-refractivity contribution < 1.29 is 9.53 Å². The van der Waals surface area contributed by atoms with Crippen molar-refractivity contribution in [2.24, 2.45) is 0 Å². The van der Waals surface area contributed by atoms with Crippen molar-refractivity contribution in [3.05, 3.63) is 18.7 Å². The smallest absolute Gasteiger partial charge is 0.408 e. The van der Waals surface area contributed by atoms with Gasteiger partial charge in [0.15, 0.2) is 6.73 Å². The number of amides is 1. The van der Waals surface area contributed by atoms with Crippen molar-refractivity contribution in [3.63, 3.8) is 0 Å². The fourth-order valence-corrected chi connectivity index (χ4v) is 0.774. The van der Waals surface area contributed by atoms with Crippen molar-refractivity contribution in [3.8, 4) is 0 Å². The molecule has 0 atom stereocenters. The van der Waals surface area contributed by atoms with E-state index in [1.54, 1.807) is 23.3 Å². The highest BCUT2D eigenvalue weighted by molar-refractivity contribution is 5.66. The van der Waals surface area contributed by atoms with E-state index in [2.05, 4.69) is 10.3 Å². The Bertz CT molecular complexity index is 246. The summed E-state index contributed by atoms with van der Waals surface area (Å²) in [5.74, 6) is 0. The molecule has 0 fully saturated rings. The number of nitrogens with zero attached hydrogens (tertiary/aromatic N) is 2. The fraction of sp³-hybridized carbons (Fsp3) is 0.500. The van der Waals surface area contributed by atoms with Gasteiger partial charge in [0, 0.05) is 18.9 Å². The van der Waals surface area contributed by atoms with Crippen molar-refractivity contribution in [2.75, 3.05) is 6.54 Å². The molecule has 1 rings (SSSR count). The lowest BCUT2D eigenvalue weighted by Crippen LogP contribution is -2.25. The van der Waals surface area contributed by atoms with Crippen LogP contribution >= 0.6 is 0 Å². The summed E-state index contributed by atoms with van der Waals surface area (Å²) in [6.45, 7) is 2.83. The summed E-state index contributed by atoms with van der Waals surface area (Å²) >= 11 is 0. The number of hydrogen-bond acceptors (Lipinski definition) is 3. The highest BCUT2D eigenvalue weighted by atomic mass is 16.6. The number of imidazole rings is 1. The van der Waals surface area contributed by atoms with Crippen molar-refractivity contribution in [2.45, 2.75) is 20.1 Å². The summed E-state index contributed by atoms with van der Waals surface area (Å²) < 4.78 is 6.53. The van der Waals surface area contributed by atoms with Gasteiger partial charge in [-0.3, -0.25) is 0 Å². The zero-order valence-corrected chi connectivity index (χ0v) is 7.56. The second-order valence-corrected chi connectivity index (χ2v) is 2.56. The van der Waals surface area contributed by atoms with Crippen LogP contribution in [0.5, 0.6) is 0 Å². The largest absolute Gasteiger partial charge is 0.428 e. The molecule has 1 aromatic rings. The molecule has 72 valence electrons. The van der Waals surface area contributed by atoms with Gasteiger partial charge < -0.3 is 14.6 Å². The molecule has 0 unspecified atom stereocenters. The third kappa shape index (κ3) is 3.59. The SMILES string of the molecule is CCCNC(=O)OCn1ccnc1. The van der Waals surface area contributed by atoms with E-state index in [0.717, 1.165) is 6.42 Å². The van der Waals surface area contributed by atoms with E-state index in [4.69, 9.17) is 4.74 Å². The van der Waals surface area contributed by atoms with Crippen LogP contribution in [0.3, 0.4) is 0 Å². The fourth-order valence-electron chi connectivity index (χ4n) is 0.774. The van der Waals surface area contributed by atoms with Crippen LogP contribution in [-0.2, 0) is 11.5 Å². The first-order valence-electron chi connectivity index (χ1n) is 4.19. The van der Waals surface area contributed by atoms with Crippen LogP contribution < -0.4 is 5.32 Å². The number of carbonyl (C=O) groups is 1. The van der Waals surface area contributed by atoms with Gasteiger partial charge in [-0.1, -0.05) is 6.92 Å². The number of hydrogen-bond donors (Lipinski definition) is 1. The molecule has 1 aromatic heterocycles. The Balaban J connectivity index is 2.15. The first kappa shape index (κ1) is 9.57. The molecule has 0 aliphatic carbocycles. The molecule has 0 bridgehead atoms. The number of alkyl carbamates (subject to hydrolysis) is 1. The minimum absolute atomic E-state index is 0.204. The third-order valence-corrected chi connectivity index (χ3v) is 1.42. The van der Waals surface area contributed by atoms with Crippen LogP contribution in [0, 0.1) is 0 Å². The highest BCUT2D eigenvalue weighted by Crippen LogP contribution is 1.87. The van der Waals surface area contributed by atoms with Crippen molar-refractivity contribution in [1.82, 2.24) is 14.9 Å². The van der Waals surface area contributed by atoms with Gasteiger partial charge in [-0.2, -0.15) is 0 Å². The standard InChI is InChI=1S/C8H13N3O2/c1-2-3-10-8(12)13-7-11-5-4-9-6-11/h4-6H,2-3,7H2,1H3,(H,10,12). The molecule has 0 aliphatic rings. The second kappa shape index (κ2) is 5.18. The van der Waals surface area contributed by atoms with Gasteiger partial charge in [0.2, 0.25) is 0 Å². The van der Waals surface area contributed by atoms with Crippen LogP contribution in [0.2, 0.25) is 0 Å². The van der Waals surface area contributed by atoms with Crippen LogP contribution in [0.4, 0.5) is 4.79 Å². The quantitative estimate of drug-likeness (QED) is 0.756. The van der Waals surface area contributed by atoms with Gasteiger partial charge in [0.25, 0.3) is 0 Å². The van der Waals surface area contributed by atoms with Crippen LogP contribution in [-0.4, -0.2) is 22.2 Å². The third-order valence-electron chi connectivity index (χ3n) is 1.42. The van der Waals surface area contributed by atoms with E-state index in [-0.39, 0.29) is 6.73 Å². The first-order chi connectivity index (χ1) is 6.33. The average Bonchev–Trinajstić information content (AvgIpc) is 2.64. The molecule has 13 heavy (non-hydrogen) atoms. The summed E-state index contributed by atoms with van der Waals surface area (Å²) in [5, 5.41) is 2.60. The predicted octanol–water partition coefficient (Wildman–Crippen LogP) is 0.977. The Morgan fingerprint density at radius 2 is 2.54 bits per heavy atom. The highest BCUT2D eigenvalue weighted by Gasteiger charge is 1.98. The number of rotatable bonds is 4. The van der Waals surface area contributed by atoms with Crippen LogP contribution in [0.15, 0.2) is 18.7 Å². The molecule has 5 nitrogen and oxygen atoms in total. The topological polar surface area (TPSA) is 56.1 Å². The van der Waals surface area contributed by atoms with E-state index in [1.807, 2.05) is 6.92 Å². The molecular formula is C8H13N3O2. The minimum atomic E-state index is -0.393. The molecule has 0 aromatic carbocycles. The van der Waals surface area contributed by atoms with Gasteiger partial charge in [-0.05, 0) is 6.42 Å². The lowest BCUT2D eigenvalue weighted by molar-refractivity contribution is 0.114. The normalized spacial score (nSPS) is 9.62. The maximum atomic E-state index is 10.9. The molecule has 0 spiro atoms. The molecule has 0 saturated heterocycles. The maximum absolute atomic E-state index is 10.9. The summed E-state index contributed by atoms with van der Waals surface area (Å²) in [5.41, 5.74) is 0. The molecule has 1 heterocycles. The summed E-state index contributed by atoms with van der Waals surface area (Å²) in [4.78, 5) is 14.7. The van der Waals surface area contributed by atoms with E-state index in [1.165, 1.54) is 0 Å². The lowest BCUT2D eigenvalue weighted by atomic mass is 10.5. The molecule has 1 N–H and O–H groups in total. The van der Waals surface area contributed by atoms with E-state index >= 15 is 0 Å². The van der Waals surface area contributed by atoms with Crippen LogP contribution in [0.1, 0.15) is 13.3 Å². The van der Waals surface area contributed by atoms with Crippen molar-refractivity contribution in [1.29, 1.82) is 0 Å². The van der Waals surface area contributed by atoms with Gasteiger partial charge in [-0.25, -0.2) is 9.78 Å². The number of carbonyl (C=O) groups excluding carboxylic acids is 1. The summed E-state index contributed by atoms with van der Waals surface area (Å²) in [6, 6.07) is 0. The lowest BCUT2D eigenvalue weighted by Gasteiger charge is -2.05. The van der Waals surface area contributed by atoms with Crippen molar-refractivity contribution >= 4 is 6.09 Å². The van der Waals surface area contributed by atoms with E-state index in [0.29, 0.717) is 6.54 Å². The second-order valence-electron chi connectivity index (χ2n) is 2.56. The molecule has 0 aliphatic heterocycles. The summed E-state index contributed by atoms with van der Waals surface area (Å²) in [6.07, 6.45) is 5.46. The summed E-state index contributed by atoms with van der Waals surface area (Å²) in [7, 11) is 0. The zero-order chi connectivity index (χ0) is 9.52. The molecular weight excluding hydrogens is 170 g/mol. The average molecular weight is 183 g/mol.